The second-order valence-electron chi connectivity index (χ2n) is 6.81. The van der Waals surface area contributed by atoms with Gasteiger partial charge in [-0.2, -0.15) is 0 Å². The van der Waals surface area contributed by atoms with Crippen molar-refractivity contribution in [1.29, 1.82) is 0 Å². The Morgan fingerprint density at radius 3 is 2.52 bits per heavy atom. The molecule has 25 heavy (non-hydrogen) atoms. The lowest BCUT2D eigenvalue weighted by atomic mass is 10.2. The van der Waals surface area contributed by atoms with E-state index in [-0.39, 0.29) is 17.4 Å². The van der Waals surface area contributed by atoms with Crippen LogP contribution in [0.3, 0.4) is 0 Å². The standard InChI is InChI=1S/C18H30N4O3/c1-4-5-6-8-11-21-13-19-16-15(21)17(24)22(18(25)20(16)3)12-9-7-10-14(2)23/h13-14,23H,4-12H2,1-3H3. The van der Waals surface area contributed by atoms with Crippen LogP contribution in [-0.4, -0.2) is 29.9 Å². The molecule has 0 bridgehead atoms. The van der Waals surface area contributed by atoms with Crippen molar-refractivity contribution >= 4 is 11.2 Å². The quantitative estimate of drug-likeness (QED) is 0.665. The molecule has 0 aliphatic heterocycles. The van der Waals surface area contributed by atoms with E-state index in [0.717, 1.165) is 25.8 Å². The van der Waals surface area contributed by atoms with Crippen LogP contribution in [0.1, 0.15) is 58.8 Å². The summed E-state index contributed by atoms with van der Waals surface area (Å²) in [7, 11) is 1.66. The molecule has 1 atom stereocenters. The third kappa shape index (κ3) is 4.60. The first-order valence-corrected chi connectivity index (χ1v) is 9.30. The Morgan fingerprint density at radius 1 is 1.12 bits per heavy atom. The molecule has 0 aromatic carbocycles. The Hall–Kier alpha value is -1.89. The minimum absolute atomic E-state index is 0.261. The highest BCUT2D eigenvalue weighted by Crippen LogP contribution is 2.09. The van der Waals surface area contributed by atoms with Gasteiger partial charge in [-0.3, -0.25) is 13.9 Å². The summed E-state index contributed by atoms with van der Waals surface area (Å²) in [5.41, 5.74) is 0.369. The molecule has 2 rings (SSSR count). The second kappa shape index (κ2) is 8.99. The molecule has 140 valence electrons. The SMILES string of the molecule is CCCCCCn1cnc2c1c(=O)n(CCCCC(C)O)c(=O)n2C. The van der Waals surface area contributed by atoms with Crippen molar-refractivity contribution in [3.8, 4) is 0 Å². The van der Waals surface area contributed by atoms with Crippen LogP contribution in [-0.2, 0) is 20.1 Å². The minimum atomic E-state index is -0.355. The number of imidazole rings is 1. The summed E-state index contributed by atoms with van der Waals surface area (Å²) in [6, 6.07) is 0. The molecule has 7 nitrogen and oxygen atoms in total. The first-order chi connectivity index (χ1) is 12.0. The summed E-state index contributed by atoms with van der Waals surface area (Å²) in [6.45, 7) is 5.02. The molecule has 2 aromatic heterocycles. The number of rotatable bonds is 10. The van der Waals surface area contributed by atoms with Gasteiger partial charge in [-0.15, -0.1) is 0 Å². The van der Waals surface area contributed by atoms with E-state index in [1.807, 2.05) is 4.57 Å². The minimum Gasteiger partial charge on any atom is -0.393 e. The maximum Gasteiger partial charge on any atom is 0.332 e. The molecule has 0 aliphatic carbocycles. The summed E-state index contributed by atoms with van der Waals surface area (Å²) in [4.78, 5) is 29.6. The average Bonchev–Trinajstić information content (AvgIpc) is 3.00. The molecule has 1 N–H and O–H groups in total. The number of aliphatic hydroxyl groups is 1. The number of nitrogens with zero attached hydrogens (tertiary/aromatic N) is 4. The number of unbranched alkanes of at least 4 members (excludes halogenated alkanes) is 4. The van der Waals surface area contributed by atoms with Gasteiger partial charge in [0, 0.05) is 20.1 Å². The van der Waals surface area contributed by atoms with Gasteiger partial charge in [-0.1, -0.05) is 26.2 Å². The molecular weight excluding hydrogens is 320 g/mol. The average molecular weight is 350 g/mol. The van der Waals surface area contributed by atoms with E-state index < -0.39 is 0 Å². The van der Waals surface area contributed by atoms with Crippen LogP contribution < -0.4 is 11.2 Å². The molecule has 0 spiro atoms. The lowest BCUT2D eigenvalue weighted by Gasteiger charge is -2.10. The highest BCUT2D eigenvalue weighted by molar-refractivity contribution is 5.69. The topological polar surface area (TPSA) is 82.1 Å². The van der Waals surface area contributed by atoms with Crippen LogP contribution >= 0.6 is 0 Å². The van der Waals surface area contributed by atoms with Crippen LogP contribution in [0.15, 0.2) is 15.9 Å². The summed E-state index contributed by atoms with van der Waals surface area (Å²) in [5.74, 6) is 0. The fourth-order valence-electron chi connectivity index (χ4n) is 3.11. The zero-order valence-corrected chi connectivity index (χ0v) is 15.6. The Morgan fingerprint density at radius 2 is 1.84 bits per heavy atom. The van der Waals surface area contributed by atoms with Gasteiger partial charge in [0.25, 0.3) is 5.56 Å². The Kier molecular flexibility index (Phi) is 6.99. The van der Waals surface area contributed by atoms with E-state index in [4.69, 9.17) is 0 Å². The zero-order chi connectivity index (χ0) is 18.4. The Balaban J connectivity index is 2.26. The highest BCUT2D eigenvalue weighted by Gasteiger charge is 2.15. The molecule has 0 radical (unpaired) electrons. The zero-order valence-electron chi connectivity index (χ0n) is 15.6. The fourth-order valence-corrected chi connectivity index (χ4v) is 3.11. The van der Waals surface area contributed by atoms with E-state index in [0.29, 0.717) is 30.6 Å². The summed E-state index contributed by atoms with van der Waals surface area (Å²) in [6.07, 6.45) is 7.91. The van der Waals surface area contributed by atoms with Crippen LogP contribution in [0.4, 0.5) is 0 Å². The first-order valence-electron chi connectivity index (χ1n) is 9.30. The van der Waals surface area contributed by atoms with Crippen molar-refractivity contribution in [1.82, 2.24) is 18.7 Å². The molecule has 0 fully saturated rings. The van der Waals surface area contributed by atoms with Gasteiger partial charge >= 0.3 is 5.69 Å². The van der Waals surface area contributed by atoms with Crippen molar-refractivity contribution in [3.05, 3.63) is 27.2 Å². The molecule has 2 aromatic rings. The van der Waals surface area contributed by atoms with Gasteiger partial charge in [0.2, 0.25) is 0 Å². The molecule has 1 unspecified atom stereocenters. The van der Waals surface area contributed by atoms with E-state index in [1.54, 1.807) is 20.3 Å². The van der Waals surface area contributed by atoms with Crippen LogP contribution in [0.25, 0.3) is 11.2 Å². The largest absolute Gasteiger partial charge is 0.393 e. The molecule has 0 saturated carbocycles. The third-order valence-electron chi connectivity index (χ3n) is 4.61. The molecule has 0 saturated heterocycles. The molecule has 0 aliphatic rings. The van der Waals surface area contributed by atoms with E-state index in [9.17, 15) is 14.7 Å². The maximum atomic E-state index is 12.8. The molecule has 2 heterocycles. The smallest absolute Gasteiger partial charge is 0.332 e. The lowest BCUT2D eigenvalue weighted by molar-refractivity contribution is 0.180. The van der Waals surface area contributed by atoms with E-state index >= 15 is 0 Å². The third-order valence-corrected chi connectivity index (χ3v) is 4.61. The maximum absolute atomic E-state index is 12.8. The van der Waals surface area contributed by atoms with Gasteiger partial charge in [0.1, 0.15) is 0 Å². The summed E-state index contributed by atoms with van der Waals surface area (Å²) >= 11 is 0. The summed E-state index contributed by atoms with van der Waals surface area (Å²) in [5, 5.41) is 9.33. The first kappa shape index (κ1) is 19.4. The van der Waals surface area contributed by atoms with Crippen molar-refractivity contribution in [2.75, 3.05) is 0 Å². The van der Waals surface area contributed by atoms with Crippen molar-refractivity contribution in [2.24, 2.45) is 7.05 Å². The second-order valence-corrected chi connectivity index (χ2v) is 6.81. The Labute approximate surface area is 147 Å². The number of aryl methyl sites for hydroxylation is 2. The summed E-state index contributed by atoms with van der Waals surface area (Å²) < 4.78 is 4.63. The van der Waals surface area contributed by atoms with Crippen molar-refractivity contribution in [3.63, 3.8) is 0 Å². The normalized spacial score (nSPS) is 12.8. The van der Waals surface area contributed by atoms with Crippen LogP contribution in [0, 0.1) is 0 Å². The van der Waals surface area contributed by atoms with Gasteiger partial charge in [-0.05, 0) is 32.6 Å². The number of hydrogen-bond acceptors (Lipinski definition) is 4. The van der Waals surface area contributed by atoms with E-state index in [1.165, 1.54) is 22.0 Å². The molecular formula is C18H30N4O3. The predicted molar refractivity (Wildman–Crippen MR) is 98.9 cm³/mol. The lowest BCUT2D eigenvalue weighted by Crippen LogP contribution is -2.39. The van der Waals surface area contributed by atoms with Crippen LogP contribution in [0.5, 0.6) is 0 Å². The van der Waals surface area contributed by atoms with Gasteiger partial charge in [-0.25, -0.2) is 9.78 Å². The predicted octanol–water partition coefficient (Wildman–Crippen LogP) is 2.03. The fraction of sp³-hybridized carbons (Fsp3) is 0.722. The van der Waals surface area contributed by atoms with Crippen LogP contribution in [0.2, 0.25) is 0 Å². The number of aliphatic hydroxyl groups excluding tert-OH is 1. The van der Waals surface area contributed by atoms with Gasteiger partial charge in [0.15, 0.2) is 11.2 Å². The monoisotopic (exact) mass is 350 g/mol. The number of aromatic nitrogens is 4. The molecule has 7 heteroatoms. The van der Waals surface area contributed by atoms with Gasteiger partial charge < -0.3 is 9.67 Å². The van der Waals surface area contributed by atoms with Crippen molar-refractivity contribution in [2.45, 2.75) is 78.0 Å². The highest BCUT2D eigenvalue weighted by atomic mass is 16.3. The van der Waals surface area contributed by atoms with Crippen molar-refractivity contribution < 1.29 is 5.11 Å². The van der Waals surface area contributed by atoms with Gasteiger partial charge in [0.05, 0.1) is 12.4 Å². The Bertz CT molecular complexity index is 801. The number of fused-ring (bicyclic) bond motifs is 1. The van der Waals surface area contributed by atoms with E-state index in [2.05, 4.69) is 11.9 Å². The number of hydrogen-bond donors (Lipinski definition) is 1. The molecule has 0 amide bonds.